The average molecular weight is 514 g/mol. The highest BCUT2D eigenvalue weighted by Gasteiger charge is 2.57. The number of hydrogen-bond donors (Lipinski definition) is 2. The minimum Gasteiger partial charge on any atom is -0.439 e. The number of amides is 4. The number of carbonyl (C=O) groups is 3. The summed E-state index contributed by atoms with van der Waals surface area (Å²) >= 11 is 0. The van der Waals surface area contributed by atoms with E-state index in [2.05, 4.69) is 25.8 Å². The van der Waals surface area contributed by atoms with E-state index in [9.17, 15) is 18.8 Å². The summed E-state index contributed by atoms with van der Waals surface area (Å²) in [5.41, 5.74) is 0.220. The van der Waals surface area contributed by atoms with Crippen LogP contribution in [-0.4, -0.2) is 45.1 Å². The van der Waals surface area contributed by atoms with Crippen LogP contribution in [0.3, 0.4) is 0 Å². The van der Waals surface area contributed by atoms with E-state index in [1.165, 1.54) is 18.3 Å². The number of nitrogens with zero attached hydrogens (tertiary/aromatic N) is 4. The Morgan fingerprint density at radius 1 is 0.974 bits per heavy atom. The van der Waals surface area contributed by atoms with Gasteiger partial charge in [0.05, 0.1) is 11.9 Å². The van der Waals surface area contributed by atoms with Gasteiger partial charge in [-0.2, -0.15) is 4.98 Å². The van der Waals surface area contributed by atoms with E-state index in [0.29, 0.717) is 41.4 Å². The molecule has 2 aromatic heterocycles. The number of nitrogens with one attached hydrogen (secondary N) is 2. The quantitative estimate of drug-likeness (QED) is 0.383. The lowest BCUT2D eigenvalue weighted by molar-refractivity contribution is -0.137. The van der Waals surface area contributed by atoms with Gasteiger partial charge in [0.2, 0.25) is 11.7 Å². The van der Waals surface area contributed by atoms with E-state index >= 15 is 0 Å². The van der Waals surface area contributed by atoms with Crippen LogP contribution in [0, 0.1) is 5.82 Å². The molecule has 12 heteroatoms. The lowest BCUT2D eigenvalue weighted by atomic mass is 9.92. The number of ether oxygens (including phenoxy) is 1. The minimum atomic E-state index is -1.49. The monoisotopic (exact) mass is 514 g/mol. The minimum absolute atomic E-state index is 0.273. The first-order valence-electron chi connectivity index (χ1n) is 11.7. The molecule has 0 bridgehead atoms. The summed E-state index contributed by atoms with van der Waals surface area (Å²) < 4.78 is 24.6. The molecule has 0 radical (unpaired) electrons. The number of halogens is 1. The van der Waals surface area contributed by atoms with Gasteiger partial charge in [0, 0.05) is 23.7 Å². The molecule has 11 nitrogen and oxygen atoms in total. The number of pyridine rings is 1. The Kier molecular flexibility index (Phi) is 5.56. The van der Waals surface area contributed by atoms with E-state index in [4.69, 9.17) is 9.26 Å². The van der Waals surface area contributed by atoms with E-state index in [1.807, 2.05) is 0 Å². The number of rotatable bonds is 5. The van der Waals surface area contributed by atoms with Gasteiger partial charge in [0.1, 0.15) is 11.6 Å². The zero-order valence-electron chi connectivity index (χ0n) is 19.7. The van der Waals surface area contributed by atoms with Gasteiger partial charge < -0.3 is 14.2 Å². The molecule has 0 aliphatic carbocycles. The fraction of sp³-hybridized carbons (Fsp3) is 0.154. The number of hydrogen-bond acceptors (Lipinski definition) is 9. The van der Waals surface area contributed by atoms with Crippen LogP contribution in [0.25, 0.3) is 22.8 Å². The van der Waals surface area contributed by atoms with Gasteiger partial charge in [-0.25, -0.2) is 14.2 Å². The highest BCUT2D eigenvalue weighted by molar-refractivity contribution is 6.24. The summed E-state index contributed by atoms with van der Waals surface area (Å²) in [6, 6.07) is 15.3. The normalized spacial score (nSPS) is 16.4. The molecule has 2 N–H and O–H groups in total. The number of aromatic nitrogens is 3. The van der Waals surface area contributed by atoms with Gasteiger partial charge in [-0.15, -0.1) is 0 Å². The van der Waals surface area contributed by atoms with E-state index in [-0.39, 0.29) is 18.1 Å². The van der Waals surface area contributed by atoms with Crippen LogP contribution in [0.1, 0.15) is 12.8 Å². The van der Waals surface area contributed by atoms with E-state index in [1.54, 1.807) is 53.4 Å². The van der Waals surface area contributed by atoms with Crippen LogP contribution < -0.4 is 20.3 Å². The molecule has 4 amide bonds. The maximum Gasteiger partial charge on any atom is 0.328 e. The van der Waals surface area contributed by atoms with Gasteiger partial charge in [-0.05, 0) is 55.3 Å². The molecule has 4 aromatic rings. The predicted molar refractivity (Wildman–Crippen MR) is 130 cm³/mol. The highest BCUT2D eigenvalue weighted by Crippen LogP contribution is 2.36. The molecule has 38 heavy (non-hydrogen) atoms. The Hall–Kier alpha value is -5.13. The topological polar surface area (TPSA) is 140 Å². The summed E-state index contributed by atoms with van der Waals surface area (Å²) in [5.74, 6) is -0.330. The van der Waals surface area contributed by atoms with Crippen molar-refractivity contribution >= 4 is 23.5 Å². The van der Waals surface area contributed by atoms with Crippen molar-refractivity contribution in [2.45, 2.75) is 18.4 Å². The summed E-state index contributed by atoms with van der Waals surface area (Å²) in [4.78, 5) is 47.1. The van der Waals surface area contributed by atoms with Crippen molar-refractivity contribution in [1.29, 1.82) is 0 Å². The third-order valence-corrected chi connectivity index (χ3v) is 6.45. The summed E-state index contributed by atoms with van der Waals surface area (Å²) in [6.45, 7) is 0.453. The van der Waals surface area contributed by atoms with Gasteiger partial charge in [0.15, 0.2) is 5.54 Å². The molecule has 2 aliphatic rings. The molecule has 2 saturated heterocycles. The number of barbiturate groups is 1. The lowest BCUT2D eigenvalue weighted by Crippen LogP contribution is -2.71. The molecule has 1 spiro atoms. The second kappa shape index (κ2) is 9.07. The lowest BCUT2D eigenvalue weighted by Gasteiger charge is -2.38. The highest BCUT2D eigenvalue weighted by atomic mass is 19.1. The van der Waals surface area contributed by atoms with Crippen LogP contribution in [0.2, 0.25) is 0 Å². The molecule has 0 unspecified atom stereocenters. The Balaban J connectivity index is 1.15. The Bertz CT molecular complexity index is 1530. The third kappa shape index (κ3) is 4.01. The number of anilines is 1. The van der Waals surface area contributed by atoms with Gasteiger partial charge in [-0.3, -0.25) is 20.2 Å². The van der Waals surface area contributed by atoms with Crippen molar-refractivity contribution < 1.29 is 28.0 Å². The molecule has 6 rings (SSSR count). The Labute approximate surface area is 214 Å². The fourth-order valence-electron chi connectivity index (χ4n) is 4.65. The van der Waals surface area contributed by atoms with Crippen LogP contribution in [-0.2, 0) is 9.59 Å². The largest absolute Gasteiger partial charge is 0.439 e. The van der Waals surface area contributed by atoms with Crippen molar-refractivity contribution in [3.63, 3.8) is 0 Å². The predicted octanol–water partition coefficient (Wildman–Crippen LogP) is 3.44. The van der Waals surface area contributed by atoms with Crippen molar-refractivity contribution in [3.8, 4) is 34.5 Å². The zero-order chi connectivity index (χ0) is 26.3. The van der Waals surface area contributed by atoms with Crippen LogP contribution in [0.5, 0.6) is 11.6 Å². The van der Waals surface area contributed by atoms with Crippen molar-refractivity contribution in [2.75, 3.05) is 11.4 Å². The Morgan fingerprint density at radius 2 is 1.76 bits per heavy atom. The first-order valence-corrected chi connectivity index (χ1v) is 11.7. The average Bonchev–Trinajstić information content (AvgIpc) is 3.58. The van der Waals surface area contributed by atoms with Gasteiger partial charge >= 0.3 is 6.03 Å². The zero-order valence-corrected chi connectivity index (χ0v) is 19.7. The number of urea groups is 1. The first kappa shape index (κ1) is 23.3. The van der Waals surface area contributed by atoms with E-state index in [0.717, 1.165) is 0 Å². The van der Waals surface area contributed by atoms with Crippen LogP contribution in [0.15, 0.2) is 71.4 Å². The van der Waals surface area contributed by atoms with Gasteiger partial charge in [0.25, 0.3) is 17.7 Å². The molecule has 2 aliphatic heterocycles. The first-order chi connectivity index (χ1) is 18.4. The standard InChI is InChI=1S/C26H19FN6O5/c27-17-4-1-3-16(13-17)21-29-22(38-32-21)15-5-8-19(9-6-15)37-20-10-7-18(14-28-20)33-12-2-11-26(33)23(34)30-25(36)31-24(26)35/h1,3-10,13-14H,2,11-12H2,(H2,30,31,34,35,36). The Morgan fingerprint density at radius 3 is 2.47 bits per heavy atom. The smallest absolute Gasteiger partial charge is 0.328 e. The molecule has 4 heterocycles. The van der Waals surface area contributed by atoms with E-state index < -0.39 is 29.2 Å². The fourth-order valence-corrected chi connectivity index (χ4v) is 4.65. The summed E-state index contributed by atoms with van der Waals surface area (Å²) in [6.07, 6.45) is 2.40. The second-order valence-electron chi connectivity index (χ2n) is 8.77. The molecule has 190 valence electrons. The number of imide groups is 2. The van der Waals surface area contributed by atoms with Gasteiger partial charge in [-0.1, -0.05) is 17.3 Å². The molecule has 0 atom stereocenters. The number of benzene rings is 2. The molecular weight excluding hydrogens is 495 g/mol. The molecule has 2 aromatic carbocycles. The van der Waals surface area contributed by atoms with Crippen molar-refractivity contribution in [1.82, 2.24) is 25.8 Å². The summed E-state index contributed by atoms with van der Waals surface area (Å²) in [7, 11) is 0. The van der Waals surface area contributed by atoms with Crippen LogP contribution >= 0.6 is 0 Å². The molecule has 0 saturated carbocycles. The maximum atomic E-state index is 13.5. The second-order valence-corrected chi connectivity index (χ2v) is 8.77. The number of carbonyl (C=O) groups excluding carboxylic acids is 3. The third-order valence-electron chi connectivity index (χ3n) is 6.45. The summed E-state index contributed by atoms with van der Waals surface area (Å²) in [5, 5.41) is 8.29. The maximum absolute atomic E-state index is 13.5. The SMILES string of the molecule is O=C1NC(=O)C2(CCCN2c2ccc(Oc3ccc(-c4nc(-c5cccc(F)c5)no4)cc3)nc2)C(=O)N1. The van der Waals surface area contributed by atoms with Crippen molar-refractivity contribution in [2.24, 2.45) is 0 Å². The van der Waals surface area contributed by atoms with Crippen molar-refractivity contribution in [3.05, 3.63) is 72.7 Å². The van der Waals surface area contributed by atoms with Crippen LogP contribution in [0.4, 0.5) is 14.9 Å². The molecule has 2 fully saturated rings. The molecular formula is C26H19FN6O5.